The summed E-state index contributed by atoms with van der Waals surface area (Å²) in [7, 11) is -1.62. The number of nitrogens with two attached hydrogens (primary N) is 1. The number of rotatable bonds is 6. The molecule has 0 saturated heterocycles. The van der Waals surface area contributed by atoms with E-state index in [1.807, 2.05) is 0 Å². The molecule has 10 heavy (non-hydrogen) atoms. The summed E-state index contributed by atoms with van der Waals surface area (Å²) in [5.74, 6) is 0. The maximum absolute atomic E-state index is 8.53. The third-order valence-electron chi connectivity index (χ3n) is 1.22. The van der Waals surface area contributed by atoms with E-state index in [-0.39, 0.29) is 0 Å². The molecule has 0 aromatic carbocycles. The van der Waals surface area contributed by atoms with Crippen LogP contribution in [0.2, 0.25) is 0 Å². The molecule has 0 aromatic heterocycles. The Kier molecular flexibility index (Phi) is 7.65. The summed E-state index contributed by atoms with van der Waals surface area (Å²) < 4.78 is 4.79. The molecule has 4 heteroatoms. The number of hydrogen-bond acceptors (Lipinski definition) is 3. The van der Waals surface area contributed by atoms with Gasteiger partial charge in [0.15, 0.2) is 0 Å². The minimum Gasteiger partial charge on any atom is -0.338 e. The van der Waals surface area contributed by atoms with Crippen LogP contribution in [0.5, 0.6) is 0 Å². The van der Waals surface area contributed by atoms with Crippen molar-refractivity contribution in [2.75, 3.05) is 6.61 Å². The Morgan fingerprint density at radius 1 is 1.40 bits per heavy atom. The van der Waals surface area contributed by atoms with Gasteiger partial charge in [-0.2, -0.15) is 0 Å². The lowest BCUT2D eigenvalue weighted by Crippen LogP contribution is -1.94. The van der Waals surface area contributed by atoms with Gasteiger partial charge in [0.1, 0.15) is 0 Å². The van der Waals surface area contributed by atoms with Crippen LogP contribution in [0, 0.1) is 0 Å². The highest BCUT2D eigenvalue weighted by Crippen LogP contribution is 2.19. The highest BCUT2D eigenvalue weighted by molar-refractivity contribution is 7.43. The topological polar surface area (TPSA) is 55.5 Å². The fourth-order valence-corrected chi connectivity index (χ4v) is 1.00. The number of unbranched alkanes of at least 4 members (excludes halogenated alkanes) is 3. The Hall–Kier alpha value is 0.310. The van der Waals surface area contributed by atoms with Gasteiger partial charge in [-0.05, 0) is 6.42 Å². The van der Waals surface area contributed by atoms with Crippen LogP contribution < -0.4 is 5.50 Å². The summed E-state index contributed by atoms with van der Waals surface area (Å²) in [6.07, 6.45) is 4.62. The van der Waals surface area contributed by atoms with Gasteiger partial charge in [0, 0.05) is 0 Å². The summed E-state index contributed by atoms with van der Waals surface area (Å²) in [4.78, 5) is 8.53. The largest absolute Gasteiger partial charge is 0.338 e. The van der Waals surface area contributed by atoms with Crippen LogP contribution in [0.25, 0.3) is 0 Å². The molecule has 0 bridgehead atoms. The van der Waals surface area contributed by atoms with E-state index >= 15 is 0 Å². The molecule has 0 radical (unpaired) electrons. The van der Waals surface area contributed by atoms with Crippen LogP contribution >= 0.6 is 8.53 Å². The molecule has 0 aromatic rings. The molecule has 1 atom stereocenters. The van der Waals surface area contributed by atoms with Crippen LogP contribution in [-0.2, 0) is 4.52 Å². The first-order valence-electron chi connectivity index (χ1n) is 3.64. The molecule has 0 saturated carbocycles. The van der Waals surface area contributed by atoms with E-state index in [1.165, 1.54) is 19.3 Å². The summed E-state index contributed by atoms with van der Waals surface area (Å²) in [5, 5.41) is 0. The molecule has 0 aliphatic rings. The Labute approximate surface area is 63.5 Å². The average molecular weight is 165 g/mol. The van der Waals surface area contributed by atoms with Crippen molar-refractivity contribution in [1.29, 1.82) is 0 Å². The lowest BCUT2D eigenvalue weighted by atomic mass is 10.2. The van der Waals surface area contributed by atoms with E-state index in [2.05, 4.69) is 6.92 Å². The molecular formula is C6H16NO2P. The summed E-state index contributed by atoms with van der Waals surface area (Å²) in [6.45, 7) is 2.75. The molecule has 62 valence electrons. The molecule has 0 aliphatic carbocycles. The quantitative estimate of drug-likeness (QED) is 0.465. The second-order valence-corrected chi connectivity index (χ2v) is 3.06. The molecular weight excluding hydrogens is 149 g/mol. The standard InChI is InChI=1S/C6H16NO2P/c1-2-3-4-5-6-9-10(7)8/h8H,2-7H2,1H3. The third-order valence-corrected chi connectivity index (χ3v) is 1.67. The monoisotopic (exact) mass is 165 g/mol. The van der Waals surface area contributed by atoms with E-state index in [4.69, 9.17) is 14.9 Å². The van der Waals surface area contributed by atoms with Crippen molar-refractivity contribution in [3.05, 3.63) is 0 Å². The first-order valence-corrected chi connectivity index (χ1v) is 4.92. The Morgan fingerprint density at radius 3 is 2.60 bits per heavy atom. The van der Waals surface area contributed by atoms with Gasteiger partial charge in [-0.1, -0.05) is 26.2 Å². The fourth-order valence-electron chi connectivity index (χ4n) is 0.687. The summed E-state index contributed by atoms with van der Waals surface area (Å²) in [6, 6.07) is 0. The van der Waals surface area contributed by atoms with Crippen LogP contribution in [0.3, 0.4) is 0 Å². The van der Waals surface area contributed by atoms with E-state index in [1.54, 1.807) is 0 Å². The second kappa shape index (κ2) is 7.42. The molecule has 0 aliphatic heterocycles. The van der Waals surface area contributed by atoms with Gasteiger partial charge >= 0.3 is 0 Å². The van der Waals surface area contributed by atoms with Gasteiger partial charge in [0.25, 0.3) is 0 Å². The van der Waals surface area contributed by atoms with Crippen molar-refractivity contribution in [3.8, 4) is 0 Å². The van der Waals surface area contributed by atoms with Gasteiger partial charge in [-0.3, -0.25) is 5.50 Å². The Bertz CT molecular complexity index is 70.8. The van der Waals surface area contributed by atoms with Gasteiger partial charge < -0.3 is 9.42 Å². The second-order valence-electron chi connectivity index (χ2n) is 2.20. The van der Waals surface area contributed by atoms with Crippen LogP contribution in [0.1, 0.15) is 32.6 Å². The zero-order valence-corrected chi connectivity index (χ0v) is 7.31. The molecule has 0 fully saturated rings. The van der Waals surface area contributed by atoms with Crippen molar-refractivity contribution in [2.45, 2.75) is 32.6 Å². The molecule has 3 nitrogen and oxygen atoms in total. The minimum atomic E-state index is -1.62. The highest BCUT2D eigenvalue weighted by atomic mass is 31.2. The zero-order chi connectivity index (χ0) is 7.82. The predicted molar refractivity (Wildman–Crippen MR) is 43.4 cm³/mol. The molecule has 1 unspecified atom stereocenters. The van der Waals surface area contributed by atoms with Crippen molar-refractivity contribution >= 4 is 8.53 Å². The molecule has 0 rings (SSSR count). The third kappa shape index (κ3) is 8.31. The van der Waals surface area contributed by atoms with E-state index in [0.29, 0.717) is 6.61 Å². The maximum atomic E-state index is 8.53. The van der Waals surface area contributed by atoms with Crippen LogP contribution in [0.4, 0.5) is 0 Å². The van der Waals surface area contributed by atoms with E-state index < -0.39 is 8.53 Å². The van der Waals surface area contributed by atoms with Crippen molar-refractivity contribution in [3.63, 3.8) is 0 Å². The molecule has 3 N–H and O–H groups in total. The van der Waals surface area contributed by atoms with E-state index in [9.17, 15) is 0 Å². The zero-order valence-electron chi connectivity index (χ0n) is 6.42. The predicted octanol–water partition coefficient (Wildman–Crippen LogP) is 1.76. The highest BCUT2D eigenvalue weighted by Gasteiger charge is 1.94. The maximum Gasteiger partial charge on any atom is 0.250 e. The first-order chi connectivity index (χ1) is 4.77. The average Bonchev–Trinajstić information content (AvgIpc) is 1.87. The molecule has 0 spiro atoms. The van der Waals surface area contributed by atoms with Crippen LogP contribution in [-0.4, -0.2) is 11.5 Å². The van der Waals surface area contributed by atoms with Crippen LogP contribution in [0.15, 0.2) is 0 Å². The number of hydrogen-bond donors (Lipinski definition) is 2. The summed E-state index contributed by atoms with van der Waals surface area (Å²) in [5.41, 5.74) is 5.01. The Balaban J connectivity index is 2.77. The van der Waals surface area contributed by atoms with Crippen molar-refractivity contribution in [1.82, 2.24) is 0 Å². The minimum absolute atomic E-state index is 0.596. The molecule has 0 heterocycles. The fraction of sp³-hybridized carbons (Fsp3) is 1.00. The van der Waals surface area contributed by atoms with Gasteiger partial charge in [-0.15, -0.1) is 0 Å². The van der Waals surface area contributed by atoms with Gasteiger partial charge in [0.05, 0.1) is 6.61 Å². The summed E-state index contributed by atoms with van der Waals surface area (Å²) >= 11 is 0. The van der Waals surface area contributed by atoms with E-state index in [0.717, 1.165) is 6.42 Å². The normalized spacial score (nSPS) is 13.5. The smallest absolute Gasteiger partial charge is 0.250 e. The first kappa shape index (κ1) is 10.3. The SMILES string of the molecule is CCCCCCOP(N)O. The van der Waals surface area contributed by atoms with Crippen molar-refractivity contribution < 1.29 is 9.42 Å². The van der Waals surface area contributed by atoms with Crippen molar-refractivity contribution in [2.24, 2.45) is 5.50 Å². The molecule has 0 amide bonds. The lowest BCUT2D eigenvalue weighted by Gasteiger charge is -2.03. The Morgan fingerprint density at radius 2 is 2.10 bits per heavy atom. The van der Waals surface area contributed by atoms with Gasteiger partial charge in [-0.25, -0.2) is 0 Å². The van der Waals surface area contributed by atoms with Gasteiger partial charge in [0.2, 0.25) is 8.53 Å². The lowest BCUT2D eigenvalue weighted by molar-refractivity contribution is 0.299.